The van der Waals surface area contributed by atoms with E-state index in [1.165, 1.54) is 37.6 Å². The first-order chi connectivity index (χ1) is 13.3. The highest BCUT2D eigenvalue weighted by Gasteiger charge is 2.28. The number of likely N-dealkylation sites (tertiary alicyclic amines) is 2. The van der Waals surface area contributed by atoms with Gasteiger partial charge in [0.1, 0.15) is 5.82 Å². The Balaban J connectivity index is 1.20. The van der Waals surface area contributed by atoms with Crippen molar-refractivity contribution in [1.29, 1.82) is 0 Å². The van der Waals surface area contributed by atoms with Crippen LogP contribution in [0.25, 0.3) is 0 Å². The first kappa shape index (κ1) is 18.5. The lowest BCUT2D eigenvalue weighted by molar-refractivity contribution is 0.0869. The Morgan fingerprint density at radius 3 is 2.30 bits per heavy atom. The summed E-state index contributed by atoms with van der Waals surface area (Å²) in [6, 6.07) is 18.8. The SMILES string of the molecule is Fc1cccc(NC2CCN(C3CCN(Cc4ccccc4)CC3)CC2)c1. The van der Waals surface area contributed by atoms with Crippen molar-refractivity contribution in [2.24, 2.45) is 0 Å². The molecule has 2 aromatic carbocycles. The minimum absolute atomic E-state index is 0.167. The number of anilines is 1. The van der Waals surface area contributed by atoms with Crippen molar-refractivity contribution in [1.82, 2.24) is 9.80 Å². The van der Waals surface area contributed by atoms with E-state index in [-0.39, 0.29) is 5.82 Å². The van der Waals surface area contributed by atoms with Gasteiger partial charge in [0, 0.05) is 37.4 Å². The van der Waals surface area contributed by atoms with Gasteiger partial charge in [-0.15, -0.1) is 0 Å². The van der Waals surface area contributed by atoms with Crippen LogP contribution in [-0.2, 0) is 6.54 Å². The summed E-state index contributed by atoms with van der Waals surface area (Å²) in [5.41, 5.74) is 2.32. The van der Waals surface area contributed by atoms with Crippen molar-refractivity contribution in [3.8, 4) is 0 Å². The second-order valence-corrected chi connectivity index (χ2v) is 7.96. The predicted octanol–water partition coefficient (Wildman–Crippen LogP) is 4.37. The molecule has 2 heterocycles. The minimum Gasteiger partial charge on any atom is -0.382 e. The average molecular weight is 368 g/mol. The van der Waals surface area contributed by atoms with Crippen LogP contribution in [0.5, 0.6) is 0 Å². The van der Waals surface area contributed by atoms with Crippen molar-refractivity contribution in [2.75, 3.05) is 31.5 Å². The summed E-state index contributed by atoms with van der Waals surface area (Å²) in [7, 11) is 0. The van der Waals surface area contributed by atoms with Gasteiger partial charge in [0.05, 0.1) is 0 Å². The Morgan fingerprint density at radius 1 is 0.852 bits per heavy atom. The van der Waals surface area contributed by atoms with E-state index in [0.717, 1.165) is 44.2 Å². The molecule has 2 saturated heterocycles. The van der Waals surface area contributed by atoms with Crippen LogP contribution in [-0.4, -0.2) is 48.1 Å². The molecule has 1 N–H and O–H groups in total. The third-order valence-electron chi connectivity index (χ3n) is 6.05. The molecule has 4 rings (SSSR count). The zero-order valence-electron chi connectivity index (χ0n) is 16.0. The van der Waals surface area contributed by atoms with E-state index < -0.39 is 0 Å². The Hall–Kier alpha value is -1.91. The number of nitrogens with one attached hydrogen (secondary N) is 1. The van der Waals surface area contributed by atoms with Crippen LogP contribution < -0.4 is 5.32 Å². The molecule has 0 saturated carbocycles. The van der Waals surface area contributed by atoms with Gasteiger partial charge in [-0.3, -0.25) is 4.90 Å². The minimum atomic E-state index is -0.167. The molecule has 0 unspecified atom stereocenters. The van der Waals surface area contributed by atoms with Crippen LogP contribution in [0.15, 0.2) is 54.6 Å². The molecule has 4 heteroatoms. The Labute approximate surface area is 162 Å². The highest BCUT2D eigenvalue weighted by atomic mass is 19.1. The largest absolute Gasteiger partial charge is 0.382 e. The first-order valence-corrected chi connectivity index (χ1v) is 10.3. The zero-order chi connectivity index (χ0) is 18.5. The molecule has 0 aliphatic carbocycles. The molecule has 0 aromatic heterocycles. The normalized spacial score (nSPS) is 20.6. The highest BCUT2D eigenvalue weighted by Crippen LogP contribution is 2.24. The van der Waals surface area contributed by atoms with E-state index >= 15 is 0 Å². The van der Waals surface area contributed by atoms with Gasteiger partial charge in [0.2, 0.25) is 0 Å². The lowest BCUT2D eigenvalue weighted by Gasteiger charge is -2.42. The van der Waals surface area contributed by atoms with Crippen molar-refractivity contribution in [3.63, 3.8) is 0 Å². The summed E-state index contributed by atoms with van der Waals surface area (Å²) < 4.78 is 13.3. The van der Waals surface area contributed by atoms with E-state index in [1.807, 2.05) is 6.07 Å². The zero-order valence-corrected chi connectivity index (χ0v) is 16.0. The number of nitrogens with zero attached hydrogens (tertiary/aromatic N) is 2. The van der Waals surface area contributed by atoms with E-state index in [1.54, 1.807) is 12.1 Å². The summed E-state index contributed by atoms with van der Waals surface area (Å²) in [6.45, 7) is 5.77. The van der Waals surface area contributed by atoms with Crippen LogP contribution in [0.3, 0.4) is 0 Å². The van der Waals surface area contributed by atoms with Gasteiger partial charge < -0.3 is 10.2 Å². The van der Waals surface area contributed by atoms with Gasteiger partial charge in [0.25, 0.3) is 0 Å². The number of halogens is 1. The maximum absolute atomic E-state index is 13.3. The molecule has 27 heavy (non-hydrogen) atoms. The fraction of sp³-hybridized carbons (Fsp3) is 0.478. The number of hydrogen-bond acceptors (Lipinski definition) is 3. The lowest BCUT2D eigenvalue weighted by Crippen LogP contribution is -2.49. The monoisotopic (exact) mass is 367 g/mol. The van der Waals surface area contributed by atoms with E-state index in [4.69, 9.17) is 0 Å². The first-order valence-electron chi connectivity index (χ1n) is 10.3. The summed E-state index contributed by atoms with van der Waals surface area (Å²) in [5.74, 6) is -0.167. The van der Waals surface area contributed by atoms with Crippen LogP contribution in [0.1, 0.15) is 31.2 Å². The van der Waals surface area contributed by atoms with Crippen molar-refractivity contribution < 1.29 is 4.39 Å². The Bertz CT molecular complexity index is 705. The highest BCUT2D eigenvalue weighted by molar-refractivity contribution is 5.44. The van der Waals surface area contributed by atoms with Gasteiger partial charge in [-0.2, -0.15) is 0 Å². The van der Waals surface area contributed by atoms with Crippen molar-refractivity contribution in [3.05, 3.63) is 66.0 Å². The molecule has 0 radical (unpaired) electrons. The van der Waals surface area contributed by atoms with Gasteiger partial charge in [-0.05, 0) is 62.5 Å². The Kier molecular flexibility index (Phi) is 6.05. The topological polar surface area (TPSA) is 18.5 Å². The van der Waals surface area contributed by atoms with E-state index in [2.05, 4.69) is 45.4 Å². The van der Waals surface area contributed by atoms with E-state index in [9.17, 15) is 4.39 Å². The second kappa shape index (κ2) is 8.85. The smallest absolute Gasteiger partial charge is 0.125 e. The molecule has 3 nitrogen and oxygen atoms in total. The average Bonchev–Trinajstić information content (AvgIpc) is 2.70. The molecule has 2 aromatic rings. The van der Waals surface area contributed by atoms with Crippen LogP contribution in [0, 0.1) is 5.82 Å². The van der Waals surface area contributed by atoms with Gasteiger partial charge in [-0.1, -0.05) is 36.4 Å². The second-order valence-electron chi connectivity index (χ2n) is 7.96. The van der Waals surface area contributed by atoms with Crippen LogP contribution >= 0.6 is 0 Å². The van der Waals surface area contributed by atoms with Crippen molar-refractivity contribution >= 4 is 5.69 Å². The quantitative estimate of drug-likeness (QED) is 0.847. The summed E-state index contributed by atoms with van der Waals surface area (Å²) in [5, 5.41) is 3.50. The third-order valence-corrected chi connectivity index (χ3v) is 6.05. The fourth-order valence-corrected chi connectivity index (χ4v) is 4.51. The molecular formula is C23H30FN3. The molecule has 0 amide bonds. The molecule has 2 aliphatic rings. The molecule has 0 bridgehead atoms. The third kappa shape index (κ3) is 5.08. The summed E-state index contributed by atoms with van der Waals surface area (Å²) in [6.07, 6.45) is 4.82. The number of rotatable bonds is 5. The summed E-state index contributed by atoms with van der Waals surface area (Å²) >= 11 is 0. The van der Waals surface area contributed by atoms with Gasteiger partial charge in [0.15, 0.2) is 0 Å². The number of benzene rings is 2. The maximum atomic E-state index is 13.3. The molecule has 0 spiro atoms. The fourth-order valence-electron chi connectivity index (χ4n) is 4.51. The summed E-state index contributed by atoms with van der Waals surface area (Å²) in [4.78, 5) is 5.27. The molecule has 144 valence electrons. The Morgan fingerprint density at radius 2 is 1.59 bits per heavy atom. The molecule has 0 atom stereocenters. The van der Waals surface area contributed by atoms with Crippen LogP contribution in [0.4, 0.5) is 10.1 Å². The maximum Gasteiger partial charge on any atom is 0.125 e. The number of piperidine rings is 2. The van der Waals surface area contributed by atoms with Crippen LogP contribution in [0.2, 0.25) is 0 Å². The molecular weight excluding hydrogens is 337 g/mol. The van der Waals surface area contributed by atoms with Crippen molar-refractivity contribution in [2.45, 2.75) is 44.3 Å². The van der Waals surface area contributed by atoms with Gasteiger partial charge >= 0.3 is 0 Å². The predicted molar refractivity (Wildman–Crippen MR) is 109 cm³/mol. The van der Waals surface area contributed by atoms with Gasteiger partial charge in [-0.25, -0.2) is 4.39 Å². The van der Waals surface area contributed by atoms with E-state index in [0.29, 0.717) is 6.04 Å². The standard InChI is InChI=1S/C23H30FN3/c24-20-7-4-8-22(17-20)25-21-9-15-27(16-10-21)23-11-13-26(14-12-23)18-19-5-2-1-3-6-19/h1-8,17,21,23,25H,9-16,18H2. The number of hydrogen-bond donors (Lipinski definition) is 1. The lowest BCUT2D eigenvalue weighted by atomic mass is 9.97. The molecule has 2 aliphatic heterocycles. The molecule has 2 fully saturated rings.